The molecule has 0 saturated carbocycles. The zero-order valence-electron chi connectivity index (χ0n) is 22.7. The molecule has 0 atom stereocenters. The molecule has 7 nitrogen and oxygen atoms in total. The Bertz CT molecular complexity index is 542. The third-order valence-corrected chi connectivity index (χ3v) is 26.0. The first-order chi connectivity index (χ1) is 13.6. The Kier molecular flexibility index (Phi) is 12.5. The lowest BCUT2D eigenvalue weighted by atomic mass is 10.5. The lowest BCUT2D eigenvalue weighted by molar-refractivity contribution is 0.282. The van der Waals surface area contributed by atoms with Crippen molar-refractivity contribution < 1.29 is 20.6 Å². The molecule has 0 amide bonds. The summed E-state index contributed by atoms with van der Waals surface area (Å²) < 4.78 is 32.8. The van der Waals surface area contributed by atoms with Crippen LogP contribution in [0.15, 0.2) is 0 Å². The second-order valence-electron chi connectivity index (χ2n) is 11.6. The summed E-state index contributed by atoms with van der Waals surface area (Å²) in [5.41, 5.74) is 5.54. The van der Waals surface area contributed by atoms with Crippen molar-refractivity contribution in [2.75, 3.05) is 19.6 Å². The summed E-state index contributed by atoms with van der Waals surface area (Å²) in [6.07, 6.45) is 1.10. The van der Waals surface area contributed by atoms with E-state index in [2.05, 4.69) is 90.4 Å². The van der Waals surface area contributed by atoms with Crippen LogP contribution in [0, 0.1) is 0 Å². The first kappa shape index (κ1) is 32.0. The molecule has 188 valence electrons. The Morgan fingerprint density at radius 1 is 0.548 bits per heavy atom. The van der Waals surface area contributed by atoms with Gasteiger partial charge in [0.05, 0.1) is 0 Å². The number of hydrogen-bond acceptors (Lipinski definition) is 7. The molecule has 13 heteroatoms. The smallest absolute Gasteiger partial charge is 0.314 e. The predicted molar refractivity (Wildman–Crippen MR) is 148 cm³/mol. The first-order valence-corrected chi connectivity index (χ1v) is 29.3. The molecule has 0 fully saturated rings. The van der Waals surface area contributed by atoms with Gasteiger partial charge in [0.25, 0.3) is 0 Å². The Labute approximate surface area is 199 Å². The van der Waals surface area contributed by atoms with E-state index in [1.807, 2.05) is 0 Å². The molecule has 0 radical (unpaired) electrons. The Balaban J connectivity index is 4.91. The summed E-state index contributed by atoms with van der Waals surface area (Å²) in [5, 5.41) is 3.36. The van der Waals surface area contributed by atoms with Gasteiger partial charge in [-0.2, -0.15) is 0 Å². The van der Waals surface area contributed by atoms with Gasteiger partial charge in [-0.3, -0.25) is 0 Å². The van der Waals surface area contributed by atoms with Gasteiger partial charge >= 0.3 is 34.2 Å². The fourth-order valence-corrected chi connectivity index (χ4v) is 33.2. The van der Waals surface area contributed by atoms with E-state index in [1.54, 1.807) is 0 Å². The van der Waals surface area contributed by atoms with Crippen molar-refractivity contribution in [3.05, 3.63) is 0 Å². The molecule has 0 aliphatic carbocycles. The molecule has 0 saturated heterocycles. The maximum absolute atomic E-state index is 6.67. The van der Waals surface area contributed by atoms with E-state index in [1.165, 1.54) is 0 Å². The summed E-state index contributed by atoms with van der Waals surface area (Å²) >= 11 is 0. The highest BCUT2D eigenvalue weighted by Crippen LogP contribution is 2.28. The topological polar surface area (TPSA) is 84.2 Å². The maximum atomic E-state index is 6.67. The molecule has 3 N–H and O–H groups in total. The van der Waals surface area contributed by atoms with E-state index in [-0.39, 0.29) is 0 Å². The largest absolute Gasteiger partial charge is 0.437 e. The van der Waals surface area contributed by atoms with Crippen LogP contribution >= 0.6 is 0 Å². The highest BCUT2D eigenvalue weighted by molar-refractivity contribution is 6.91. The van der Waals surface area contributed by atoms with Gasteiger partial charge in [-0.15, -0.1) is 0 Å². The molecule has 0 rings (SSSR count). The van der Waals surface area contributed by atoms with Gasteiger partial charge in [-0.05, 0) is 104 Å². The van der Waals surface area contributed by atoms with E-state index in [0.29, 0.717) is 6.54 Å². The SMILES string of the molecule is C[Si](C)(C)O[Si](C)(C)O[Si](C)(C)O[Si](C)(C)O[Si](C)(C)O[Si](C)(C)CCCNCCN. The van der Waals surface area contributed by atoms with E-state index in [0.717, 1.165) is 25.6 Å². The Morgan fingerprint density at radius 2 is 0.935 bits per heavy atom. The molecular formula is C18H52N2O5Si6. The zero-order valence-corrected chi connectivity index (χ0v) is 28.7. The second kappa shape index (κ2) is 12.1. The van der Waals surface area contributed by atoms with Crippen molar-refractivity contribution in [2.45, 2.75) is 97.6 Å². The lowest BCUT2D eigenvalue weighted by Crippen LogP contribution is -2.59. The first-order valence-electron chi connectivity index (χ1n) is 11.5. The molecule has 0 bridgehead atoms. The molecule has 0 aliphatic heterocycles. The van der Waals surface area contributed by atoms with Crippen LogP contribution in [-0.4, -0.2) is 70.5 Å². The van der Waals surface area contributed by atoms with E-state index >= 15 is 0 Å². The molecule has 0 aromatic rings. The van der Waals surface area contributed by atoms with Crippen molar-refractivity contribution in [2.24, 2.45) is 5.73 Å². The van der Waals surface area contributed by atoms with Crippen LogP contribution in [0.4, 0.5) is 0 Å². The maximum Gasteiger partial charge on any atom is 0.314 e. The van der Waals surface area contributed by atoms with Crippen LogP contribution < -0.4 is 11.1 Å². The molecule has 0 heterocycles. The fourth-order valence-electron chi connectivity index (χ4n) is 4.18. The van der Waals surface area contributed by atoms with Gasteiger partial charge in [0.1, 0.15) is 0 Å². The summed E-state index contributed by atoms with van der Waals surface area (Å²) in [7, 11) is -12.9. The third kappa shape index (κ3) is 17.2. The summed E-state index contributed by atoms with van der Waals surface area (Å²) in [6, 6.07) is 1.10. The zero-order chi connectivity index (χ0) is 24.8. The molecule has 0 unspecified atom stereocenters. The van der Waals surface area contributed by atoms with Gasteiger partial charge in [-0.25, -0.2) is 0 Å². The van der Waals surface area contributed by atoms with E-state index in [4.69, 9.17) is 26.3 Å². The second-order valence-corrected chi connectivity index (χ2v) is 35.1. The third-order valence-electron chi connectivity index (χ3n) is 4.00. The molecule has 0 spiro atoms. The monoisotopic (exact) mass is 544 g/mol. The summed E-state index contributed by atoms with van der Waals surface area (Å²) in [6.45, 7) is 30.7. The normalized spacial score (nSPS) is 14.9. The van der Waals surface area contributed by atoms with Crippen molar-refractivity contribution in [1.29, 1.82) is 0 Å². The lowest BCUT2D eigenvalue weighted by Gasteiger charge is -2.43. The van der Waals surface area contributed by atoms with Crippen LogP contribution in [-0.2, 0) is 20.6 Å². The predicted octanol–water partition coefficient (Wildman–Crippen LogP) is 4.86. The average molecular weight is 545 g/mol. The standard InChI is InChI=1S/C18H52N2O5Si6/c1-26(2,3)21-28(6,7)23-30(10,11)25-31(12,13)24-29(8,9)22-27(4,5)18-14-16-20-17-15-19/h20H,14-19H2,1-13H3. The highest BCUT2D eigenvalue weighted by atomic mass is 28.5. The van der Waals surface area contributed by atoms with Crippen molar-refractivity contribution >= 4 is 50.9 Å². The van der Waals surface area contributed by atoms with E-state index < -0.39 is 50.9 Å². The van der Waals surface area contributed by atoms with Crippen molar-refractivity contribution in [1.82, 2.24) is 5.32 Å². The van der Waals surface area contributed by atoms with Crippen LogP contribution in [0.3, 0.4) is 0 Å². The van der Waals surface area contributed by atoms with Crippen molar-refractivity contribution in [3.8, 4) is 0 Å². The summed E-state index contributed by atoms with van der Waals surface area (Å²) in [4.78, 5) is 0. The van der Waals surface area contributed by atoms with Gasteiger partial charge < -0.3 is 31.6 Å². The minimum Gasteiger partial charge on any atom is -0.437 e. The Morgan fingerprint density at radius 3 is 1.32 bits per heavy atom. The van der Waals surface area contributed by atoms with Crippen LogP contribution in [0.5, 0.6) is 0 Å². The average Bonchev–Trinajstić information content (AvgIpc) is 2.37. The Hall–Kier alpha value is 1.02. The van der Waals surface area contributed by atoms with Crippen LogP contribution in [0.25, 0.3) is 0 Å². The van der Waals surface area contributed by atoms with Crippen molar-refractivity contribution in [3.63, 3.8) is 0 Å². The number of hydrogen-bond donors (Lipinski definition) is 2. The highest BCUT2D eigenvalue weighted by Gasteiger charge is 2.46. The molecule has 31 heavy (non-hydrogen) atoms. The number of nitrogens with two attached hydrogens (primary N) is 1. The molecular weight excluding hydrogens is 493 g/mol. The number of rotatable bonds is 16. The fraction of sp³-hybridized carbons (Fsp3) is 1.00. The number of nitrogens with one attached hydrogen (secondary N) is 1. The van der Waals surface area contributed by atoms with E-state index in [9.17, 15) is 0 Å². The van der Waals surface area contributed by atoms with Gasteiger partial charge in [0.15, 0.2) is 16.6 Å². The quantitative estimate of drug-likeness (QED) is 0.212. The molecule has 0 aromatic carbocycles. The van der Waals surface area contributed by atoms with Crippen LogP contribution in [0.1, 0.15) is 6.42 Å². The van der Waals surface area contributed by atoms with Gasteiger partial charge in [0.2, 0.25) is 0 Å². The molecule has 0 aromatic heterocycles. The molecule has 0 aliphatic rings. The van der Waals surface area contributed by atoms with Gasteiger partial charge in [-0.1, -0.05) is 0 Å². The van der Waals surface area contributed by atoms with Gasteiger partial charge in [0, 0.05) is 13.1 Å². The minimum absolute atomic E-state index is 0.679. The minimum atomic E-state index is -2.43. The van der Waals surface area contributed by atoms with Crippen LogP contribution in [0.2, 0.25) is 91.2 Å². The summed E-state index contributed by atoms with van der Waals surface area (Å²) in [5.74, 6) is 0.